The molecule has 3 atom stereocenters. The highest BCUT2D eigenvalue weighted by Gasteiger charge is 2.48. The van der Waals surface area contributed by atoms with Crippen LogP contribution in [0.25, 0.3) is 55.4 Å². The summed E-state index contributed by atoms with van der Waals surface area (Å²) in [4.78, 5) is 4.66. The molecule has 3 unspecified atom stereocenters. The Balaban J connectivity index is 1.15. The number of aryl methyl sites for hydroxylation is 1. The van der Waals surface area contributed by atoms with Crippen LogP contribution in [-0.2, 0) is 12.8 Å². The monoisotopic (exact) mass is 906 g/mol. The van der Waals surface area contributed by atoms with Crippen LogP contribution < -0.4 is 19.6 Å². The summed E-state index contributed by atoms with van der Waals surface area (Å²) in [6, 6.07) is 58.0. The zero-order chi connectivity index (χ0) is 46.4. The van der Waals surface area contributed by atoms with Crippen LogP contribution in [-0.4, -0.2) is 8.07 Å². The molecule has 2 aromatic heterocycles. The van der Waals surface area contributed by atoms with Gasteiger partial charge >= 0.3 is 0 Å². The Labute approximate surface area is 400 Å². The molecule has 6 heteroatoms. The smallest absolute Gasteiger partial charge is 0.213 e. The third-order valence-corrected chi connectivity index (χ3v) is 17.0. The summed E-state index contributed by atoms with van der Waals surface area (Å²) in [5, 5.41) is 3.65. The number of furan rings is 1. The van der Waals surface area contributed by atoms with Crippen LogP contribution in [0.3, 0.4) is 0 Å². The van der Waals surface area contributed by atoms with Gasteiger partial charge < -0.3 is 14.2 Å². The molecule has 0 saturated carbocycles. The van der Waals surface area contributed by atoms with E-state index in [0.29, 0.717) is 18.0 Å². The van der Waals surface area contributed by atoms with E-state index in [9.17, 15) is 0 Å². The second-order valence-electron chi connectivity index (χ2n) is 20.7. The third kappa shape index (κ3) is 6.86. The van der Waals surface area contributed by atoms with Crippen LogP contribution in [0, 0.1) is 11.7 Å². The number of pyridine rings is 1. The molecule has 9 aromatic rings. The van der Waals surface area contributed by atoms with E-state index in [1.807, 2.05) is 12.1 Å². The molecule has 5 heterocycles. The lowest BCUT2D eigenvalue weighted by Gasteiger charge is -2.39. The molecule has 0 aliphatic carbocycles. The predicted molar refractivity (Wildman–Crippen MR) is 282 cm³/mol. The van der Waals surface area contributed by atoms with Crippen molar-refractivity contribution < 1.29 is 13.4 Å². The van der Waals surface area contributed by atoms with Crippen LogP contribution in [0.15, 0.2) is 187 Å². The zero-order valence-corrected chi connectivity index (χ0v) is 40.6. The van der Waals surface area contributed by atoms with Crippen molar-refractivity contribution in [2.24, 2.45) is 5.92 Å². The van der Waals surface area contributed by atoms with Gasteiger partial charge in [0.15, 0.2) is 12.2 Å². The number of rotatable bonds is 6. The van der Waals surface area contributed by atoms with Crippen molar-refractivity contribution in [1.29, 1.82) is 0 Å². The van der Waals surface area contributed by atoms with Crippen LogP contribution >= 0.6 is 0 Å². The normalized spacial score (nSPS) is 17.7. The number of nitrogens with zero attached hydrogens (tertiary/aromatic N) is 3. The number of aromatic nitrogens is 1. The number of halogens is 1. The van der Waals surface area contributed by atoms with E-state index in [4.69, 9.17) is 11.0 Å². The Kier molecular flexibility index (Phi) is 10.2. The van der Waals surface area contributed by atoms with Gasteiger partial charge in [-0.2, -0.15) is 4.57 Å². The number of hydrogen-bond donors (Lipinski definition) is 0. The lowest BCUT2D eigenvalue weighted by atomic mass is 9.77. The first-order chi connectivity index (χ1) is 33.0. The number of fused-ring (bicyclic) bond motifs is 15. The van der Waals surface area contributed by atoms with Gasteiger partial charge in [0.05, 0.1) is 25.9 Å². The summed E-state index contributed by atoms with van der Waals surface area (Å²) in [6.07, 6.45) is 5.47. The molecule has 0 spiro atoms. The zero-order valence-electron chi connectivity index (χ0n) is 39.6. The Morgan fingerprint density at radius 3 is 2.22 bits per heavy atom. The first-order valence-corrected chi connectivity index (χ1v) is 27.9. The number of para-hydroxylation sites is 2. The number of allylic oxidation sites excluding steroid dienone is 1. The van der Waals surface area contributed by atoms with E-state index in [-0.39, 0.29) is 17.8 Å². The average molecular weight is 907 g/mol. The molecule has 0 radical (unpaired) electrons. The Hall–Kier alpha value is -7.02. The summed E-state index contributed by atoms with van der Waals surface area (Å²) in [5.74, 6) is 0.458. The lowest BCUT2D eigenvalue weighted by molar-refractivity contribution is -0.717. The van der Waals surface area contributed by atoms with Crippen LogP contribution in [0.5, 0.6) is 0 Å². The third-order valence-electron chi connectivity index (χ3n) is 14.9. The van der Waals surface area contributed by atoms with Gasteiger partial charge in [-0.25, -0.2) is 4.39 Å². The maximum absolute atomic E-state index is 17.6. The van der Waals surface area contributed by atoms with Crippen molar-refractivity contribution in [3.63, 3.8) is 0 Å². The largest absolute Gasteiger partial charge is 0.456 e. The number of benzene rings is 7. The second-order valence-corrected chi connectivity index (χ2v) is 25.8. The molecule has 68 heavy (non-hydrogen) atoms. The van der Waals surface area contributed by atoms with E-state index in [1.54, 1.807) is 6.07 Å². The number of anilines is 3. The molecule has 336 valence electrons. The highest BCUT2D eigenvalue weighted by atomic mass is 28.3. The molecular formula is C62H57FN3OSi+. The van der Waals surface area contributed by atoms with Crippen molar-refractivity contribution in [2.75, 3.05) is 9.80 Å². The van der Waals surface area contributed by atoms with Gasteiger partial charge in [0, 0.05) is 50.3 Å². The lowest BCUT2D eigenvalue weighted by Crippen LogP contribution is -2.54. The fourth-order valence-electron chi connectivity index (χ4n) is 12.0. The molecule has 0 N–H and O–H groups in total. The van der Waals surface area contributed by atoms with Gasteiger partial charge in [-0.05, 0) is 88.9 Å². The maximum atomic E-state index is 17.6. The molecule has 7 aromatic carbocycles. The second kappa shape index (κ2) is 16.3. The SMILES string of the molecule is C=C1CC2C(CCc3ccc4c(oc5ccccc54)c3C3N1c1cccc(F)c1N3c1cc(-c3ccccc3)ccc1-c1ccccc1)c1ccccc1-c1cc(CC(C)C)c([Si](C)(C)C)c[n+]12. The van der Waals surface area contributed by atoms with E-state index in [1.165, 1.54) is 33.1 Å². The molecule has 12 rings (SSSR count). The highest BCUT2D eigenvalue weighted by molar-refractivity contribution is 6.89. The van der Waals surface area contributed by atoms with Crippen molar-refractivity contribution in [2.45, 2.75) is 77.3 Å². The summed E-state index contributed by atoms with van der Waals surface area (Å²) in [7, 11) is -1.79. The first-order valence-electron chi connectivity index (χ1n) is 24.4. The van der Waals surface area contributed by atoms with Crippen molar-refractivity contribution >= 4 is 52.3 Å². The Morgan fingerprint density at radius 1 is 0.706 bits per heavy atom. The molecular weight excluding hydrogens is 850 g/mol. The van der Waals surface area contributed by atoms with E-state index in [2.05, 4.69) is 200 Å². The minimum absolute atomic E-state index is 0.0695. The fraction of sp³-hybridized carbons (Fsp3) is 0.210. The molecule has 4 nitrogen and oxygen atoms in total. The van der Waals surface area contributed by atoms with E-state index >= 15 is 4.39 Å². The minimum Gasteiger partial charge on any atom is -0.456 e. The van der Waals surface area contributed by atoms with Gasteiger partial charge in [-0.1, -0.05) is 167 Å². The standard InChI is InChI=1S/C62H57FN3OSi/c1-39(2)34-45-37-55-48-23-14-13-22-47(48)49-32-28-43-29-33-51-50-24-15-16-27-57(50)67-61(51)59(43)62-65(40(3)35-54(49)64(55)38-58(45)68(4,5)6)53-26-17-25-52(63)60(53)66(62)56-36-44(41-18-9-7-10-19-41)30-31-46(56)42-20-11-8-12-21-42/h7-27,29-31,33,36-39,49,54,62H,3,28,32,34-35H2,1-2,4-6H3/q+1. The van der Waals surface area contributed by atoms with Gasteiger partial charge in [-0.15, -0.1) is 0 Å². The van der Waals surface area contributed by atoms with Gasteiger partial charge in [-0.3, -0.25) is 0 Å². The minimum atomic E-state index is -1.79. The van der Waals surface area contributed by atoms with Crippen LogP contribution in [0.4, 0.5) is 21.5 Å². The fourth-order valence-corrected chi connectivity index (χ4v) is 13.7. The van der Waals surface area contributed by atoms with E-state index < -0.39 is 14.2 Å². The highest BCUT2D eigenvalue weighted by Crippen LogP contribution is 2.58. The molecule has 3 aliphatic rings. The predicted octanol–water partition coefficient (Wildman–Crippen LogP) is 15.6. The van der Waals surface area contributed by atoms with Crippen molar-refractivity contribution in [3.05, 3.63) is 210 Å². The summed E-state index contributed by atoms with van der Waals surface area (Å²) < 4.78 is 27.3. The summed E-state index contributed by atoms with van der Waals surface area (Å²) in [5.41, 5.74) is 16.8. The summed E-state index contributed by atoms with van der Waals surface area (Å²) >= 11 is 0. The average Bonchev–Trinajstić information content (AvgIpc) is 3.90. The van der Waals surface area contributed by atoms with Crippen LogP contribution in [0.1, 0.15) is 67.1 Å². The Bertz CT molecular complexity index is 3440. The van der Waals surface area contributed by atoms with Gasteiger partial charge in [0.25, 0.3) is 0 Å². The number of hydrogen-bond acceptors (Lipinski definition) is 3. The quantitative estimate of drug-likeness (QED) is 0.123. The molecule has 0 saturated heterocycles. The van der Waals surface area contributed by atoms with E-state index in [0.717, 1.165) is 86.1 Å². The summed E-state index contributed by atoms with van der Waals surface area (Å²) in [6.45, 7) is 17.3. The van der Waals surface area contributed by atoms with Gasteiger partial charge in [0.2, 0.25) is 5.69 Å². The first kappa shape index (κ1) is 42.3. The van der Waals surface area contributed by atoms with Crippen molar-refractivity contribution in [1.82, 2.24) is 0 Å². The molecule has 0 amide bonds. The topological polar surface area (TPSA) is 23.5 Å². The van der Waals surface area contributed by atoms with Crippen molar-refractivity contribution in [3.8, 4) is 33.5 Å². The molecule has 0 bridgehead atoms. The Morgan fingerprint density at radius 2 is 1.44 bits per heavy atom. The molecule has 3 aliphatic heterocycles. The maximum Gasteiger partial charge on any atom is 0.213 e. The van der Waals surface area contributed by atoms with Gasteiger partial charge in [0.1, 0.15) is 28.8 Å². The van der Waals surface area contributed by atoms with Crippen LogP contribution in [0.2, 0.25) is 19.6 Å². The molecule has 0 fully saturated rings.